The predicted octanol–water partition coefficient (Wildman–Crippen LogP) is 4.16. The van der Waals surface area contributed by atoms with E-state index in [1.165, 1.54) is 0 Å². The second-order valence-corrected chi connectivity index (χ2v) is 7.15. The quantitative estimate of drug-likeness (QED) is 0.485. The highest BCUT2D eigenvalue weighted by atomic mass is 16.5. The summed E-state index contributed by atoms with van der Waals surface area (Å²) in [5.41, 5.74) is 3.15. The molecule has 0 radical (unpaired) electrons. The molecule has 1 aliphatic heterocycles. The standard InChI is InChI=1S/C23H23N3O3/c1-26(2)12-5-13-28-22-11-8-16(15-24-22)21-10-9-17(29-21)14-19-18-6-3-4-7-20(18)25-23(19)27/h3-4,6-11,14-15H,5,12-13H2,1-2H3,(H,25,27)/b19-14+. The third-order valence-corrected chi connectivity index (χ3v) is 4.64. The number of rotatable bonds is 7. The molecule has 1 aliphatic rings. The van der Waals surface area contributed by atoms with E-state index in [9.17, 15) is 4.79 Å². The van der Waals surface area contributed by atoms with Crippen molar-refractivity contribution < 1.29 is 13.9 Å². The molecule has 3 aromatic rings. The van der Waals surface area contributed by atoms with Crippen LogP contribution in [0, 0.1) is 0 Å². The van der Waals surface area contributed by atoms with Gasteiger partial charge in [-0.05, 0) is 50.9 Å². The molecule has 1 N–H and O–H groups in total. The fraction of sp³-hybridized carbons (Fsp3) is 0.217. The highest BCUT2D eigenvalue weighted by Crippen LogP contribution is 2.33. The lowest BCUT2D eigenvalue weighted by atomic mass is 10.1. The van der Waals surface area contributed by atoms with Crippen LogP contribution in [0.15, 0.2) is 59.1 Å². The highest BCUT2D eigenvalue weighted by molar-refractivity contribution is 6.34. The minimum absolute atomic E-state index is 0.124. The number of ether oxygens (including phenoxy) is 1. The molecule has 2 aromatic heterocycles. The Balaban J connectivity index is 1.45. The van der Waals surface area contributed by atoms with Gasteiger partial charge < -0.3 is 19.4 Å². The van der Waals surface area contributed by atoms with Gasteiger partial charge in [-0.25, -0.2) is 4.98 Å². The van der Waals surface area contributed by atoms with E-state index in [0.29, 0.717) is 29.6 Å². The van der Waals surface area contributed by atoms with Crippen LogP contribution in [0.1, 0.15) is 17.7 Å². The van der Waals surface area contributed by atoms with Gasteiger partial charge in [0.2, 0.25) is 5.88 Å². The van der Waals surface area contributed by atoms with Crippen LogP contribution >= 0.6 is 0 Å². The van der Waals surface area contributed by atoms with Crippen molar-refractivity contribution in [2.75, 3.05) is 32.6 Å². The van der Waals surface area contributed by atoms with Crippen molar-refractivity contribution in [3.8, 4) is 17.2 Å². The monoisotopic (exact) mass is 389 g/mol. The average molecular weight is 389 g/mol. The van der Waals surface area contributed by atoms with Crippen molar-refractivity contribution in [2.24, 2.45) is 0 Å². The molecule has 6 heteroatoms. The molecule has 0 bridgehead atoms. The third kappa shape index (κ3) is 4.38. The summed E-state index contributed by atoms with van der Waals surface area (Å²) in [5, 5.41) is 2.86. The maximum absolute atomic E-state index is 12.2. The van der Waals surface area contributed by atoms with Crippen LogP contribution < -0.4 is 10.1 Å². The summed E-state index contributed by atoms with van der Waals surface area (Å²) in [6, 6.07) is 15.1. The van der Waals surface area contributed by atoms with Gasteiger partial charge in [0.1, 0.15) is 11.5 Å². The molecule has 1 aromatic carbocycles. The fourth-order valence-electron chi connectivity index (χ4n) is 3.18. The van der Waals surface area contributed by atoms with Crippen LogP contribution in [0.25, 0.3) is 23.0 Å². The Bertz CT molecular complexity index is 1040. The van der Waals surface area contributed by atoms with Gasteiger partial charge in [-0.15, -0.1) is 0 Å². The normalized spacial score (nSPS) is 14.3. The number of carbonyl (C=O) groups is 1. The fourth-order valence-corrected chi connectivity index (χ4v) is 3.18. The molecule has 0 fully saturated rings. The van der Waals surface area contributed by atoms with Crippen molar-refractivity contribution in [2.45, 2.75) is 6.42 Å². The zero-order valence-corrected chi connectivity index (χ0v) is 16.5. The number of nitrogens with one attached hydrogen (secondary N) is 1. The number of amides is 1. The third-order valence-electron chi connectivity index (χ3n) is 4.64. The summed E-state index contributed by atoms with van der Waals surface area (Å²) in [6.07, 6.45) is 4.44. The van der Waals surface area contributed by atoms with E-state index in [-0.39, 0.29) is 5.91 Å². The first-order chi connectivity index (χ1) is 14.1. The van der Waals surface area contributed by atoms with Crippen LogP contribution in [0.2, 0.25) is 0 Å². The molecular formula is C23H23N3O3. The van der Waals surface area contributed by atoms with Crippen molar-refractivity contribution in [3.05, 3.63) is 66.1 Å². The molecule has 0 atom stereocenters. The lowest BCUT2D eigenvalue weighted by Crippen LogP contribution is -2.15. The van der Waals surface area contributed by atoms with Crippen molar-refractivity contribution in [1.82, 2.24) is 9.88 Å². The smallest absolute Gasteiger partial charge is 0.256 e. The van der Waals surface area contributed by atoms with Gasteiger partial charge in [0.15, 0.2) is 0 Å². The van der Waals surface area contributed by atoms with Gasteiger partial charge in [0, 0.05) is 35.6 Å². The molecule has 4 rings (SSSR count). The first-order valence-electron chi connectivity index (χ1n) is 9.56. The number of benzene rings is 1. The molecule has 6 nitrogen and oxygen atoms in total. The molecule has 148 valence electrons. The molecule has 0 spiro atoms. The molecule has 1 amide bonds. The van der Waals surface area contributed by atoms with E-state index in [1.807, 2.05) is 62.6 Å². The summed E-state index contributed by atoms with van der Waals surface area (Å²) in [7, 11) is 4.08. The summed E-state index contributed by atoms with van der Waals surface area (Å²) in [5.74, 6) is 1.78. The molecule has 29 heavy (non-hydrogen) atoms. The predicted molar refractivity (Wildman–Crippen MR) is 114 cm³/mol. The number of anilines is 1. The van der Waals surface area contributed by atoms with Gasteiger partial charge >= 0.3 is 0 Å². The zero-order chi connectivity index (χ0) is 20.2. The van der Waals surface area contributed by atoms with Gasteiger partial charge in [-0.1, -0.05) is 18.2 Å². The lowest BCUT2D eigenvalue weighted by Gasteiger charge is -2.09. The van der Waals surface area contributed by atoms with E-state index in [0.717, 1.165) is 29.8 Å². The highest BCUT2D eigenvalue weighted by Gasteiger charge is 2.23. The van der Waals surface area contributed by atoms with Crippen LogP contribution in [0.4, 0.5) is 5.69 Å². The second-order valence-electron chi connectivity index (χ2n) is 7.15. The largest absolute Gasteiger partial charge is 0.478 e. The number of furan rings is 1. The van der Waals surface area contributed by atoms with Crippen LogP contribution in [-0.4, -0.2) is 43.0 Å². The number of para-hydroxylation sites is 1. The Morgan fingerprint density at radius 1 is 1.14 bits per heavy atom. The molecular weight excluding hydrogens is 366 g/mol. The number of fused-ring (bicyclic) bond motifs is 1. The van der Waals surface area contributed by atoms with E-state index in [4.69, 9.17) is 9.15 Å². The molecule has 0 saturated carbocycles. The first-order valence-corrected chi connectivity index (χ1v) is 9.56. The van der Waals surface area contributed by atoms with Gasteiger partial charge in [0.05, 0.1) is 12.2 Å². The van der Waals surface area contributed by atoms with Crippen molar-refractivity contribution in [1.29, 1.82) is 0 Å². The van der Waals surface area contributed by atoms with Crippen LogP contribution in [0.3, 0.4) is 0 Å². The topological polar surface area (TPSA) is 67.6 Å². The number of aromatic nitrogens is 1. The van der Waals surface area contributed by atoms with E-state index < -0.39 is 0 Å². The van der Waals surface area contributed by atoms with Gasteiger partial charge in [-0.2, -0.15) is 0 Å². The van der Waals surface area contributed by atoms with Crippen LogP contribution in [0.5, 0.6) is 5.88 Å². The van der Waals surface area contributed by atoms with Crippen molar-refractivity contribution >= 4 is 23.2 Å². The van der Waals surface area contributed by atoms with E-state index in [2.05, 4.69) is 15.2 Å². The maximum Gasteiger partial charge on any atom is 0.256 e. The Morgan fingerprint density at radius 2 is 2.00 bits per heavy atom. The Morgan fingerprint density at radius 3 is 2.79 bits per heavy atom. The van der Waals surface area contributed by atoms with E-state index >= 15 is 0 Å². The first kappa shape index (κ1) is 19.0. The molecule has 0 aliphatic carbocycles. The second kappa shape index (κ2) is 8.32. The molecule has 3 heterocycles. The van der Waals surface area contributed by atoms with Gasteiger partial charge in [-0.3, -0.25) is 4.79 Å². The number of nitrogens with zero attached hydrogens (tertiary/aromatic N) is 2. The Hall–Kier alpha value is -3.38. The van der Waals surface area contributed by atoms with Gasteiger partial charge in [0.25, 0.3) is 5.91 Å². The zero-order valence-electron chi connectivity index (χ0n) is 16.5. The SMILES string of the molecule is CN(C)CCCOc1ccc(-c2ccc(/C=C3/C(=O)Nc4ccccc43)o2)cn1. The lowest BCUT2D eigenvalue weighted by molar-refractivity contribution is -0.110. The molecule has 0 unspecified atom stereocenters. The maximum atomic E-state index is 12.2. The Labute approximate surface area is 169 Å². The summed E-state index contributed by atoms with van der Waals surface area (Å²) in [6.45, 7) is 1.61. The summed E-state index contributed by atoms with van der Waals surface area (Å²) in [4.78, 5) is 18.7. The van der Waals surface area contributed by atoms with Crippen molar-refractivity contribution in [3.63, 3.8) is 0 Å². The minimum atomic E-state index is -0.124. The average Bonchev–Trinajstić information content (AvgIpc) is 3.31. The molecule has 0 saturated heterocycles. The summed E-state index contributed by atoms with van der Waals surface area (Å²) < 4.78 is 11.6. The summed E-state index contributed by atoms with van der Waals surface area (Å²) >= 11 is 0. The number of hydrogen-bond donors (Lipinski definition) is 1. The number of pyridine rings is 1. The number of hydrogen-bond acceptors (Lipinski definition) is 5. The minimum Gasteiger partial charge on any atom is -0.478 e. The van der Waals surface area contributed by atoms with Crippen LogP contribution in [-0.2, 0) is 4.79 Å². The Kier molecular flexibility index (Phi) is 5.44. The number of carbonyl (C=O) groups excluding carboxylic acids is 1. The van der Waals surface area contributed by atoms with E-state index in [1.54, 1.807) is 12.3 Å².